The van der Waals surface area contributed by atoms with Crippen molar-refractivity contribution in [1.82, 2.24) is 4.90 Å². The largest absolute Gasteiger partial charge is 0.384 e. The summed E-state index contributed by atoms with van der Waals surface area (Å²) in [5.41, 5.74) is -0.233. The summed E-state index contributed by atoms with van der Waals surface area (Å²) >= 11 is 6.02. The zero-order valence-electron chi connectivity index (χ0n) is 14.3. The number of carbonyl (C=O) groups excluding carboxylic acids is 1. The van der Waals surface area contributed by atoms with E-state index in [1.54, 1.807) is 0 Å². The van der Waals surface area contributed by atoms with Crippen LogP contribution < -0.4 is 0 Å². The Balaban J connectivity index is 1.83. The minimum absolute atomic E-state index is 0.0951. The Morgan fingerprint density at radius 3 is 2.25 bits per heavy atom. The van der Waals surface area contributed by atoms with Crippen LogP contribution in [0.15, 0.2) is 24.3 Å². The van der Waals surface area contributed by atoms with Crippen molar-refractivity contribution in [3.63, 3.8) is 0 Å². The predicted molar refractivity (Wildman–Crippen MR) is 97.0 cm³/mol. The Kier molecular flexibility index (Phi) is 5.83. The molecule has 1 aliphatic heterocycles. The van der Waals surface area contributed by atoms with E-state index < -0.39 is 5.60 Å². The van der Waals surface area contributed by atoms with E-state index in [1.165, 1.54) is 12.8 Å². The third-order valence-electron chi connectivity index (χ3n) is 5.75. The number of aliphatic hydroxyl groups is 1. The van der Waals surface area contributed by atoms with Crippen molar-refractivity contribution in [2.24, 2.45) is 5.92 Å². The molecule has 1 unspecified atom stereocenters. The van der Waals surface area contributed by atoms with Crippen molar-refractivity contribution in [3.8, 4) is 0 Å². The fourth-order valence-electron chi connectivity index (χ4n) is 4.29. The topological polar surface area (TPSA) is 40.5 Å². The van der Waals surface area contributed by atoms with Crippen molar-refractivity contribution in [2.45, 2.75) is 63.4 Å². The van der Waals surface area contributed by atoms with Gasteiger partial charge in [-0.2, -0.15) is 0 Å². The summed E-state index contributed by atoms with van der Waals surface area (Å²) < 4.78 is 0. The molecule has 0 radical (unpaired) electrons. The molecular formula is C20H28ClNO2. The Bertz CT molecular complexity index is 547. The molecule has 3 nitrogen and oxygen atoms in total. The molecule has 1 N–H and O–H groups in total. The van der Waals surface area contributed by atoms with Crippen LogP contribution in [0.3, 0.4) is 0 Å². The fraction of sp³-hybridized carbons (Fsp3) is 0.650. The molecule has 0 spiro atoms. The van der Waals surface area contributed by atoms with Crippen LogP contribution in [0.4, 0.5) is 0 Å². The third kappa shape index (κ3) is 3.94. The van der Waals surface area contributed by atoms with Crippen LogP contribution >= 0.6 is 11.6 Å². The number of piperidine rings is 1. The molecule has 3 rings (SSSR count). The van der Waals surface area contributed by atoms with Crippen LogP contribution in [0.1, 0.15) is 63.4 Å². The molecule has 1 aliphatic carbocycles. The highest BCUT2D eigenvalue weighted by molar-refractivity contribution is 6.30. The summed E-state index contributed by atoms with van der Waals surface area (Å²) in [6.45, 7) is 1.67. The number of likely N-dealkylation sites (tertiary alicyclic amines) is 1. The van der Waals surface area contributed by atoms with Crippen molar-refractivity contribution < 1.29 is 9.90 Å². The van der Waals surface area contributed by atoms with Gasteiger partial charge >= 0.3 is 0 Å². The molecule has 1 aromatic carbocycles. The number of carbonyl (C=O) groups is 1. The molecule has 1 amide bonds. The normalized spacial score (nSPS) is 22.2. The standard InChI is InChI=1S/C20H28ClNO2/c21-18-11-9-17(10-12-18)20(24,16-7-3-1-4-8-16)15-19(23)22-13-5-2-6-14-22/h9-12,16,24H,1-8,13-15H2. The maximum absolute atomic E-state index is 12.8. The summed E-state index contributed by atoms with van der Waals surface area (Å²) in [5, 5.41) is 12.3. The van der Waals surface area contributed by atoms with Gasteiger partial charge in [0.25, 0.3) is 0 Å². The quantitative estimate of drug-likeness (QED) is 0.868. The van der Waals surface area contributed by atoms with Crippen LogP contribution in [-0.2, 0) is 10.4 Å². The molecular weight excluding hydrogens is 322 g/mol. The number of amides is 1. The Morgan fingerprint density at radius 1 is 1.04 bits per heavy atom. The summed E-state index contributed by atoms with van der Waals surface area (Å²) in [5.74, 6) is 0.249. The molecule has 2 fully saturated rings. The number of nitrogens with zero attached hydrogens (tertiary/aromatic N) is 1. The minimum atomic E-state index is -1.07. The molecule has 1 saturated heterocycles. The maximum Gasteiger partial charge on any atom is 0.225 e. The van der Waals surface area contributed by atoms with Gasteiger partial charge in [-0.15, -0.1) is 0 Å². The van der Waals surface area contributed by atoms with E-state index >= 15 is 0 Å². The van der Waals surface area contributed by atoms with Gasteiger partial charge in [-0.3, -0.25) is 4.79 Å². The van der Waals surface area contributed by atoms with Crippen LogP contribution in [0.2, 0.25) is 5.02 Å². The average molecular weight is 350 g/mol. The average Bonchev–Trinajstić information content (AvgIpc) is 2.63. The van der Waals surface area contributed by atoms with Crippen molar-refractivity contribution in [2.75, 3.05) is 13.1 Å². The number of hydrogen-bond acceptors (Lipinski definition) is 2. The molecule has 0 bridgehead atoms. The first-order valence-electron chi connectivity index (χ1n) is 9.36. The maximum atomic E-state index is 12.8. The smallest absolute Gasteiger partial charge is 0.225 e. The third-order valence-corrected chi connectivity index (χ3v) is 6.01. The van der Waals surface area contributed by atoms with E-state index in [1.807, 2.05) is 29.2 Å². The molecule has 132 valence electrons. The van der Waals surface area contributed by atoms with Crippen LogP contribution in [-0.4, -0.2) is 29.0 Å². The first kappa shape index (κ1) is 17.8. The molecule has 0 aromatic heterocycles. The fourth-order valence-corrected chi connectivity index (χ4v) is 4.41. The van der Waals surface area contributed by atoms with Gasteiger partial charge in [0.15, 0.2) is 0 Å². The lowest BCUT2D eigenvalue weighted by Gasteiger charge is -2.40. The van der Waals surface area contributed by atoms with Gasteiger partial charge in [0.05, 0.1) is 6.42 Å². The van der Waals surface area contributed by atoms with E-state index in [2.05, 4.69) is 0 Å². The van der Waals surface area contributed by atoms with Crippen molar-refractivity contribution in [1.29, 1.82) is 0 Å². The van der Waals surface area contributed by atoms with Crippen LogP contribution in [0.25, 0.3) is 0 Å². The van der Waals surface area contributed by atoms with Crippen LogP contribution in [0, 0.1) is 5.92 Å². The highest BCUT2D eigenvalue weighted by atomic mass is 35.5. The van der Waals surface area contributed by atoms with E-state index in [0.717, 1.165) is 57.2 Å². The predicted octanol–water partition coefficient (Wildman–Crippen LogP) is 4.51. The second kappa shape index (κ2) is 7.88. The second-order valence-corrected chi connectivity index (χ2v) is 7.82. The van der Waals surface area contributed by atoms with Gasteiger partial charge in [0.2, 0.25) is 5.91 Å². The zero-order valence-corrected chi connectivity index (χ0v) is 15.1. The number of hydrogen-bond donors (Lipinski definition) is 1. The lowest BCUT2D eigenvalue weighted by molar-refractivity contribution is -0.141. The van der Waals surface area contributed by atoms with Crippen molar-refractivity contribution >= 4 is 17.5 Å². The van der Waals surface area contributed by atoms with E-state index in [9.17, 15) is 9.90 Å². The van der Waals surface area contributed by atoms with E-state index in [4.69, 9.17) is 11.6 Å². The molecule has 1 saturated carbocycles. The molecule has 2 aliphatic rings. The SMILES string of the molecule is O=C(CC(O)(c1ccc(Cl)cc1)C1CCCCC1)N1CCCCC1. The first-order chi connectivity index (χ1) is 11.6. The number of halogens is 1. The lowest BCUT2D eigenvalue weighted by Crippen LogP contribution is -2.44. The Morgan fingerprint density at radius 2 is 1.62 bits per heavy atom. The molecule has 1 atom stereocenters. The summed E-state index contributed by atoms with van der Waals surface area (Å²) in [7, 11) is 0. The molecule has 4 heteroatoms. The van der Waals surface area contributed by atoms with Gasteiger partial charge in [-0.05, 0) is 55.7 Å². The molecule has 1 aromatic rings. The summed E-state index contributed by atoms with van der Waals surface area (Å²) in [6, 6.07) is 7.41. The second-order valence-electron chi connectivity index (χ2n) is 7.38. The molecule has 24 heavy (non-hydrogen) atoms. The Hall–Kier alpha value is -1.06. The van der Waals surface area contributed by atoms with E-state index in [0.29, 0.717) is 5.02 Å². The first-order valence-corrected chi connectivity index (χ1v) is 9.73. The summed E-state index contributed by atoms with van der Waals surface area (Å²) in [6.07, 6.45) is 9.04. The monoisotopic (exact) mass is 349 g/mol. The van der Waals surface area contributed by atoms with Gasteiger partial charge in [0.1, 0.15) is 5.60 Å². The van der Waals surface area contributed by atoms with Gasteiger partial charge in [0, 0.05) is 18.1 Å². The molecule has 1 heterocycles. The van der Waals surface area contributed by atoms with Gasteiger partial charge in [-0.1, -0.05) is 43.0 Å². The van der Waals surface area contributed by atoms with Crippen LogP contribution in [0.5, 0.6) is 0 Å². The van der Waals surface area contributed by atoms with E-state index in [-0.39, 0.29) is 18.2 Å². The highest BCUT2D eigenvalue weighted by Crippen LogP contribution is 2.42. The zero-order chi connectivity index (χ0) is 17.0. The summed E-state index contributed by atoms with van der Waals surface area (Å²) in [4.78, 5) is 14.8. The highest BCUT2D eigenvalue weighted by Gasteiger charge is 2.41. The van der Waals surface area contributed by atoms with Gasteiger partial charge < -0.3 is 10.0 Å². The number of rotatable bonds is 4. The van der Waals surface area contributed by atoms with Gasteiger partial charge in [-0.25, -0.2) is 0 Å². The van der Waals surface area contributed by atoms with Crippen molar-refractivity contribution in [3.05, 3.63) is 34.9 Å². The Labute approximate surface area is 150 Å². The number of benzene rings is 1. The lowest BCUT2D eigenvalue weighted by atomic mass is 9.71. The minimum Gasteiger partial charge on any atom is -0.384 e.